The minimum atomic E-state index is -4.53. The van der Waals surface area contributed by atoms with Crippen LogP contribution in [0.4, 0.5) is 13.2 Å². The summed E-state index contributed by atoms with van der Waals surface area (Å²) in [4.78, 5) is 28.8. The minimum absolute atomic E-state index is 0.0902. The van der Waals surface area contributed by atoms with E-state index >= 15 is 0 Å². The van der Waals surface area contributed by atoms with Gasteiger partial charge in [0, 0.05) is 12.7 Å². The molecule has 0 fully saturated rings. The number of fused-ring (bicyclic) bond motifs is 1. The van der Waals surface area contributed by atoms with Gasteiger partial charge in [0.15, 0.2) is 0 Å². The zero-order chi connectivity index (χ0) is 29.0. The molecular formula is C22H23F3N6O6S2. The van der Waals surface area contributed by atoms with Gasteiger partial charge in [0.25, 0.3) is 10.0 Å². The van der Waals surface area contributed by atoms with Crippen molar-refractivity contribution in [2.45, 2.75) is 17.1 Å². The zero-order valence-corrected chi connectivity index (χ0v) is 21.6. The third-order valence-corrected chi connectivity index (χ3v) is 7.31. The number of nitrogens with two attached hydrogens (primary N) is 3. The molecule has 7 N–H and O–H groups in total. The number of primary sulfonamides is 1. The zero-order valence-electron chi connectivity index (χ0n) is 20.0. The fourth-order valence-corrected chi connectivity index (χ4v) is 4.91. The number of amides is 1. The summed E-state index contributed by atoms with van der Waals surface area (Å²) in [6, 6.07) is 8.60. The molecule has 0 unspecified atom stereocenters. The molecule has 1 aromatic heterocycles. The Balaban J connectivity index is 1.60. The van der Waals surface area contributed by atoms with Crippen molar-refractivity contribution in [3.8, 4) is 5.75 Å². The van der Waals surface area contributed by atoms with E-state index in [-0.39, 0.29) is 23.2 Å². The molecule has 1 amide bonds. The second kappa shape index (κ2) is 11.9. The van der Waals surface area contributed by atoms with Crippen LogP contribution in [0.3, 0.4) is 0 Å². The SMILES string of the molecule is N/C(=C\N(N)CC(=O)N(CC(=O)O)Cc1ccc(C(F)(F)F)cc1)COc1ccc2nc(S(N)(=O)=O)sc2c1. The number of carbonyl (C=O) groups is 2. The van der Waals surface area contributed by atoms with Crippen LogP contribution < -0.4 is 21.5 Å². The molecule has 2 aromatic carbocycles. The first-order valence-electron chi connectivity index (χ1n) is 10.8. The standard InChI is InChI=1S/C22H23F3N6O6S2/c23-22(24,25)14-3-1-13(2-4-14)8-30(11-20(33)34)19(32)10-31(27)9-15(26)12-37-16-5-6-17-18(7-16)38-21(29-17)39(28,35)36/h1-7,9H,8,10-12,26-27H2,(H,33,34)(H2,28,35,36)/b15-9-. The number of aliphatic carboxylic acids is 1. The van der Waals surface area contributed by atoms with Crippen molar-refractivity contribution in [3.05, 3.63) is 65.5 Å². The van der Waals surface area contributed by atoms with Gasteiger partial charge in [-0.1, -0.05) is 12.1 Å². The van der Waals surface area contributed by atoms with Gasteiger partial charge >= 0.3 is 12.1 Å². The van der Waals surface area contributed by atoms with Gasteiger partial charge in [-0.2, -0.15) is 13.2 Å². The largest absolute Gasteiger partial charge is 0.487 e. The minimum Gasteiger partial charge on any atom is -0.487 e. The van der Waals surface area contributed by atoms with E-state index in [1.165, 1.54) is 18.3 Å². The normalized spacial score (nSPS) is 12.4. The Labute approximate surface area is 224 Å². The van der Waals surface area contributed by atoms with Crippen molar-refractivity contribution in [3.63, 3.8) is 0 Å². The maximum Gasteiger partial charge on any atom is 0.416 e. The lowest BCUT2D eigenvalue weighted by atomic mass is 10.1. The van der Waals surface area contributed by atoms with E-state index in [9.17, 15) is 31.2 Å². The number of hydrogen-bond donors (Lipinski definition) is 4. The maximum atomic E-state index is 12.8. The van der Waals surface area contributed by atoms with E-state index in [1.54, 1.807) is 6.07 Å². The van der Waals surface area contributed by atoms with Crippen LogP contribution in [0.25, 0.3) is 10.2 Å². The van der Waals surface area contributed by atoms with Gasteiger partial charge in [0.1, 0.15) is 25.4 Å². The molecule has 3 aromatic rings. The predicted molar refractivity (Wildman–Crippen MR) is 134 cm³/mol. The average molecular weight is 589 g/mol. The van der Waals surface area contributed by atoms with Crippen molar-refractivity contribution in [1.82, 2.24) is 14.9 Å². The first kappa shape index (κ1) is 29.6. The summed E-state index contributed by atoms with van der Waals surface area (Å²) in [5.74, 6) is 4.12. The summed E-state index contributed by atoms with van der Waals surface area (Å²) in [7, 11) is -3.95. The van der Waals surface area contributed by atoms with Crippen LogP contribution in [0.1, 0.15) is 11.1 Å². The van der Waals surface area contributed by atoms with Crippen molar-refractivity contribution >= 4 is 43.5 Å². The molecule has 12 nitrogen and oxygen atoms in total. The Morgan fingerprint density at radius 3 is 2.38 bits per heavy atom. The summed E-state index contributed by atoms with van der Waals surface area (Å²) < 4.78 is 67.1. The van der Waals surface area contributed by atoms with Gasteiger partial charge < -0.3 is 25.5 Å². The first-order chi connectivity index (χ1) is 18.1. The highest BCUT2D eigenvalue weighted by Crippen LogP contribution is 2.30. The molecule has 0 aliphatic heterocycles. The Kier molecular flexibility index (Phi) is 9.00. The molecule has 0 saturated carbocycles. The fraction of sp³-hybridized carbons (Fsp3) is 0.227. The van der Waals surface area contributed by atoms with Crippen LogP contribution in [0.2, 0.25) is 0 Å². The third kappa shape index (κ3) is 8.54. The summed E-state index contributed by atoms with van der Waals surface area (Å²) in [5.41, 5.74) is 5.81. The molecule has 0 aliphatic carbocycles. The highest BCUT2D eigenvalue weighted by Gasteiger charge is 2.30. The Morgan fingerprint density at radius 1 is 1.13 bits per heavy atom. The van der Waals surface area contributed by atoms with Crippen LogP contribution >= 0.6 is 11.3 Å². The number of carboxylic acids is 1. The molecule has 17 heteroatoms. The lowest BCUT2D eigenvalue weighted by molar-refractivity contribution is -0.145. The molecule has 3 rings (SSSR count). The van der Waals surface area contributed by atoms with Gasteiger partial charge in [-0.15, -0.1) is 11.3 Å². The van der Waals surface area contributed by atoms with Crippen molar-refractivity contribution in [2.24, 2.45) is 16.7 Å². The molecule has 1 heterocycles. The fourth-order valence-electron chi connectivity index (χ4n) is 3.23. The number of benzene rings is 2. The van der Waals surface area contributed by atoms with Crippen LogP contribution in [-0.2, 0) is 32.3 Å². The Hall–Kier alpha value is -3.93. The van der Waals surface area contributed by atoms with Gasteiger partial charge in [0.2, 0.25) is 10.2 Å². The molecule has 0 saturated heterocycles. The Morgan fingerprint density at radius 2 is 1.79 bits per heavy atom. The van der Waals surface area contributed by atoms with Crippen LogP contribution in [-0.4, -0.2) is 60.0 Å². The monoisotopic (exact) mass is 588 g/mol. The summed E-state index contributed by atoms with van der Waals surface area (Å²) >= 11 is 0.867. The number of halogens is 3. The quantitative estimate of drug-likeness (QED) is 0.188. The van der Waals surface area contributed by atoms with E-state index in [2.05, 4.69) is 4.98 Å². The van der Waals surface area contributed by atoms with Gasteiger partial charge in [-0.05, 0) is 35.9 Å². The summed E-state index contributed by atoms with van der Waals surface area (Å²) in [5, 5.41) is 15.2. The smallest absolute Gasteiger partial charge is 0.416 e. The summed E-state index contributed by atoms with van der Waals surface area (Å²) in [6.45, 7) is -1.62. The van der Waals surface area contributed by atoms with Crippen LogP contribution in [0, 0.1) is 0 Å². The topological polar surface area (TPSA) is 195 Å². The number of rotatable bonds is 11. The molecule has 0 aliphatic rings. The number of thiazole rings is 1. The van der Waals surface area contributed by atoms with Crippen molar-refractivity contribution in [2.75, 3.05) is 19.7 Å². The van der Waals surface area contributed by atoms with E-state index in [0.29, 0.717) is 21.5 Å². The lowest BCUT2D eigenvalue weighted by Crippen LogP contribution is -2.43. The molecule has 0 atom stereocenters. The van der Waals surface area contributed by atoms with Gasteiger partial charge in [0.05, 0.1) is 21.5 Å². The lowest BCUT2D eigenvalue weighted by Gasteiger charge is -2.24. The molecule has 210 valence electrons. The number of sulfonamides is 1. The van der Waals surface area contributed by atoms with E-state index < -0.39 is 46.7 Å². The van der Waals surface area contributed by atoms with Crippen LogP contribution in [0.15, 0.2) is 58.7 Å². The van der Waals surface area contributed by atoms with E-state index in [4.69, 9.17) is 26.6 Å². The second-order valence-electron chi connectivity index (χ2n) is 8.16. The van der Waals surface area contributed by atoms with Gasteiger partial charge in [-0.3, -0.25) is 9.59 Å². The second-order valence-corrected chi connectivity index (χ2v) is 10.9. The van der Waals surface area contributed by atoms with E-state index in [0.717, 1.165) is 45.5 Å². The third-order valence-electron chi connectivity index (χ3n) is 4.97. The number of carbonyl (C=O) groups excluding carboxylic acids is 1. The molecule has 39 heavy (non-hydrogen) atoms. The molecule has 0 spiro atoms. The molecule has 0 radical (unpaired) electrons. The molecular weight excluding hydrogens is 565 g/mol. The Bertz CT molecular complexity index is 1490. The number of nitrogens with zero attached hydrogens (tertiary/aromatic N) is 3. The van der Waals surface area contributed by atoms with E-state index in [1.807, 2.05) is 0 Å². The number of aromatic nitrogens is 1. The summed E-state index contributed by atoms with van der Waals surface area (Å²) in [6.07, 6.45) is -3.34. The first-order valence-corrected chi connectivity index (χ1v) is 13.2. The number of alkyl halides is 3. The number of hydrazine groups is 1. The number of ether oxygens (including phenoxy) is 1. The van der Waals surface area contributed by atoms with Crippen molar-refractivity contribution < 1.29 is 41.0 Å². The number of hydrogen-bond acceptors (Lipinski definition) is 10. The highest BCUT2D eigenvalue weighted by atomic mass is 32.2. The maximum absolute atomic E-state index is 12.8. The number of carboxylic acid groups (broad SMARTS) is 1. The van der Waals surface area contributed by atoms with Crippen LogP contribution in [0.5, 0.6) is 5.75 Å². The predicted octanol–water partition coefficient (Wildman–Crippen LogP) is 1.43. The average Bonchev–Trinajstić information content (AvgIpc) is 3.26. The van der Waals surface area contributed by atoms with Crippen molar-refractivity contribution in [1.29, 1.82) is 0 Å². The highest BCUT2D eigenvalue weighted by molar-refractivity contribution is 7.91. The molecule has 0 bridgehead atoms. The van der Waals surface area contributed by atoms with Gasteiger partial charge in [-0.25, -0.2) is 24.4 Å².